The summed E-state index contributed by atoms with van der Waals surface area (Å²) < 4.78 is 6.06. The van der Waals surface area contributed by atoms with Crippen LogP contribution in [0.2, 0.25) is 0 Å². The number of nitrogens with one attached hydrogen (secondary N) is 1. The van der Waals surface area contributed by atoms with Crippen molar-refractivity contribution in [2.75, 3.05) is 6.61 Å². The second-order valence-corrected chi connectivity index (χ2v) is 6.61. The highest BCUT2D eigenvalue weighted by molar-refractivity contribution is 4.90. The summed E-state index contributed by atoms with van der Waals surface area (Å²) in [6, 6.07) is 1.26. The molecule has 2 heteroatoms. The molecule has 0 aromatic heterocycles. The molecule has 1 aliphatic rings. The molecule has 0 spiro atoms. The van der Waals surface area contributed by atoms with Gasteiger partial charge < -0.3 is 10.1 Å². The fourth-order valence-corrected chi connectivity index (χ4v) is 3.34. The molecule has 0 aliphatic carbocycles. The van der Waals surface area contributed by atoms with Crippen molar-refractivity contribution in [1.82, 2.24) is 5.32 Å². The van der Waals surface area contributed by atoms with E-state index in [0.717, 1.165) is 25.9 Å². The molecule has 1 unspecified atom stereocenters. The van der Waals surface area contributed by atoms with Crippen molar-refractivity contribution in [3.05, 3.63) is 0 Å². The van der Waals surface area contributed by atoms with E-state index < -0.39 is 0 Å². The fraction of sp³-hybridized carbons (Fsp3) is 1.00. The van der Waals surface area contributed by atoms with Gasteiger partial charge in [-0.25, -0.2) is 0 Å². The van der Waals surface area contributed by atoms with E-state index in [1.165, 1.54) is 6.42 Å². The van der Waals surface area contributed by atoms with E-state index in [0.29, 0.717) is 23.9 Å². The van der Waals surface area contributed by atoms with E-state index in [-0.39, 0.29) is 5.60 Å². The zero-order valence-electron chi connectivity index (χ0n) is 13.3. The smallest absolute Gasteiger partial charge is 0.0692 e. The maximum absolute atomic E-state index is 6.06. The lowest BCUT2D eigenvalue weighted by Gasteiger charge is -2.42. The standard InChI is InChI=1S/C16H33NO/c1-7-16(8-2)11-14(9-10-18-16)17-15(12(3)4)13(5)6/h12-15,17H,7-11H2,1-6H3. The average Bonchev–Trinajstić information content (AvgIpc) is 2.35. The van der Waals surface area contributed by atoms with Crippen molar-refractivity contribution in [3.8, 4) is 0 Å². The predicted molar refractivity (Wildman–Crippen MR) is 78.9 cm³/mol. The normalized spacial score (nSPS) is 24.2. The fourth-order valence-electron chi connectivity index (χ4n) is 3.34. The molecule has 0 radical (unpaired) electrons. The van der Waals surface area contributed by atoms with E-state index in [4.69, 9.17) is 4.74 Å². The molecule has 18 heavy (non-hydrogen) atoms. The first kappa shape index (κ1) is 16.0. The summed E-state index contributed by atoms with van der Waals surface area (Å²) >= 11 is 0. The molecule has 1 atom stereocenters. The molecule has 1 N–H and O–H groups in total. The Balaban J connectivity index is 2.61. The summed E-state index contributed by atoms with van der Waals surface area (Å²) in [7, 11) is 0. The summed E-state index contributed by atoms with van der Waals surface area (Å²) in [5.74, 6) is 1.40. The zero-order valence-corrected chi connectivity index (χ0v) is 13.3. The van der Waals surface area contributed by atoms with Crippen LogP contribution in [-0.4, -0.2) is 24.3 Å². The van der Waals surface area contributed by atoms with Gasteiger partial charge in [0, 0.05) is 18.7 Å². The highest BCUT2D eigenvalue weighted by atomic mass is 16.5. The van der Waals surface area contributed by atoms with Crippen molar-refractivity contribution in [3.63, 3.8) is 0 Å². The van der Waals surface area contributed by atoms with E-state index in [9.17, 15) is 0 Å². The van der Waals surface area contributed by atoms with Gasteiger partial charge in [0.25, 0.3) is 0 Å². The molecule has 1 rings (SSSR count). The van der Waals surface area contributed by atoms with Crippen LogP contribution in [0.5, 0.6) is 0 Å². The first-order valence-electron chi connectivity index (χ1n) is 7.84. The van der Waals surface area contributed by atoms with Crippen LogP contribution in [0.3, 0.4) is 0 Å². The second kappa shape index (κ2) is 6.91. The van der Waals surface area contributed by atoms with Crippen LogP contribution < -0.4 is 5.32 Å². The molecule has 0 amide bonds. The third-order valence-corrected chi connectivity index (χ3v) is 4.65. The summed E-state index contributed by atoms with van der Waals surface area (Å²) in [6.45, 7) is 14.7. The van der Waals surface area contributed by atoms with E-state index in [1.807, 2.05) is 0 Å². The van der Waals surface area contributed by atoms with Crippen molar-refractivity contribution in [2.24, 2.45) is 11.8 Å². The maximum Gasteiger partial charge on any atom is 0.0692 e. The number of rotatable bonds is 6. The molecule has 1 aliphatic heterocycles. The van der Waals surface area contributed by atoms with E-state index >= 15 is 0 Å². The van der Waals surface area contributed by atoms with Gasteiger partial charge in [-0.3, -0.25) is 0 Å². The van der Waals surface area contributed by atoms with Crippen LogP contribution in [0.15, 0.2) is 0 Å². The van der Waals surface area contributed by atoms with Crippen LogP contribution in [-0.2, 0) is 4.74 Å². The van der Waals surface area contributed by atoms with Crippen LogP contribution >= 0.6 is 0 Å². The maximum atomic E-state index is 6.06. The SMILES string of the molecule is CCC1(CC)CC(NC(C(C)C)C(C)C)CCO1. The summed E-state index contributed by atoms with van der Waals surface area (Å²) in [6.07, 6.45) is 4.61. The topological polar surface area (TPSA) is 21.3 Å². The molecule has 0 aromatic rings. The van der Waals surface area contributed by atoms with E-state index in [1.54, 1.807) is 0 Å². The molecular weight excluding hydrogens is 222 g/mol. The van der Waals surface area contributed by atoms with Gasteiger partial charge in [0.2, 0.25) is 0 Å². The van der Waals surface area contributed by atoms with Crippen molar-refractivity contribution < 1.29 is 4.74 Å². The average molecular weight is 255 g/mol. The first-order valence-corrected chi connectivity index (χ1v) is 7.84. The first-order chi connectivity index (χ1) is 8.44. The lowest BCUT2D eigenvalue weighted by atomic mass is 9.84. The Morgan fingerprint density at radius 3 is 2.11 bits per heavy atom. The Bertz CT molecular complexity index is 225. The minimum atomic E-state index is 0.133. The molecule has 0 bridgehead atoms. The molecule has 1 saturated heterocycles. The van der Waals surface area contributed by atoms with Gasteiger partial charge in [0.15, 0.2) is 0 Å². The largest absolute Gasteiger partial charge is 0.375 e. The molecule has 2 nitrogen and oxygen atoms in total. The Kier molecular flexibility index (Phi) is 6.13. The van der Waals surface area contributed by atoms with Crippen LogP contribution in [0, 0.1) is 11.8 Å². The Hall–Kier alpha value is -0.0800. The number of hydrogen-bond donors (Lipinski definition) is 1. The highest BCUT2D eigenvalue weighted by Gasteiger charge is 2.35. The third kappa shape index (κ3) is 3.96. The molecule has 1 fully saturated rings. The number of ether oxygens (including phenoxy) is 1. The van der Waals surface area contributed by atoms with Gasteiger partial charge in [0.05, 0.1) is 5.60 Å². The van der Waals surface area contributed by atoms with Crippen molar-refractivity contribution >= 4 is 0 Å². The van der Waals surface area contributed by atoms with Gasteiger partial charge in [0.1, 0.15) is 0 Å². The molecule has 108 valence electrons. The minimum absolute atomic E-state index is 0.133. The van der Waals surface area contributed by atoms with Gasteiger partial charge in [-0.15, -0.1) is 0 Å². The Morgan fingerprint density at radius 1 is 1.11 bits per heavy atom. The quantitative estimate of drug-likeness (QED) is 0.774. The van der Waals surface area contributed by atoms with Crippen LogP contribution in [0.4, 0.5) is 0 Å². The van der Waals surface area contributed by atoms with Gasteiger partial charge >= 0.3 is 0 Å². The third-order valence-electron chi connectivity index (χ3n) is 4.65. The Labute approximate surface area is 114 Å². The molecule has 0 saturated carbocycles. The second-order valence-electron chi connectivity index (χ2n) is 6.61. The summed E-state index contributed by atoms with van der Waals surface area (Å²) in [5.41, 5.74) is 0.133. The highest BCUT2D eigenvalue weighted by Crippen LogP contribution is 2.32. The summed E-state index contributed by atoms with van der Waals surface area (Å²) in [5, 5.41) is 3.90. The van der Waals surface area contributed by atoms with Crippen LogP contribution in [0.25, 0.3) is 0 Å². The Morgan fingerprint density at radius 2 is 1.67 bits per heavy atom. The van der Waals surface area contributed by atoms with Crippen molar-refractivity contribution in [2.45, 2.75) is 84.9 Å². The summed E-state index contributed by atoms with van der Waals surface area (Å²) in [4.78, 5) is 0. The minimum Gasteiger partial charge on any atom is -0.375 e. The van der Waals surface area contributed by atoms with Gasteiger partial charge in [-0.05, 0) is 37.5 Å². The van der Waals surface area contributed by atoms with Crippen LogP contribution in [0.1, 0.15) is 67.2 Å². The van der Waals surface area contributed by atoms with E-state index in [2.05, 4.69) is 46.9 Å². The molecular formula is C16H33NO. The molecule has 0 aromatic carbocycles. The lowest BCUT2D eigenvalue weighted by Crippen LogP contribution is -2.51. The van der Waals surface area contributed by atoms with Gasteiger partial charge in [-0.2, -0.15) is 0 Å². The predicted octanol–water partition coefficient (Wildman–Crippen LogP) is 3.99. The monoisotopic (exact) mass is 255 g/mol. The van der Waals surface area contributed by atoms with Crippen molar-refractivity contribution in [1.29, 1.82) is 0 Å². The van der Waals surface area contributed by atoms with Gasteiger partial charge in [-0.1, -0.05) is 41.5 Å². The molecule has 1 heterocycles. The zero-order chi connectivity index (χ0) is 13.8. The lowest BCUT2D eigenvalue weighted by molar-refractivity contribution is -0.0951. The number of hydrogen-bond acceptors (Lipinski definition) is 2.